The van der Waals surface area contributed by atoms with Crippen molar-refractivity contribution in [2.75, 3.05) is 31.2 Å². The zero-order chi connectivity index (χ0) is 13.5. The number of aromatic nitrogens is 2. The molecule has 1 aliphatic carbocycles. The monoisotopic (exact) mass is 291 g/mol. The molecule has 5 heteroatoms. The van der Waals surface area contributed by atoms with Crippen LogP contribution in [0.25, 0.3) is 10.9 Å². The molecule has 2 aliphatic rings. The third-order valence-electron chi connectivity index (χ3n) is 4.09. The zero-order valence-corrected chi connectivity index (χ0v) is 12.1. The maximum atomic E-state index is 6.28. The van der Waals surface area contributed by atoms with E-state index in [9.17, 15) is 0 Å². The quantitative estimate of drug-likeness (QED) is 0.871. The third kappa shape index (κ3) is 2.38. The van der Waals surface area contributed by atoms with Crippen LogP contribution < -0.4 is 4.90 Å². The number of nitrogens with zero attached hydrogens (tertiary/aromatic N) is 3. The smallest absolute Gasteiger partial charge is 0.116 e. The van der Waals surface area contributed by atoms with Crippen LogP contribution in [-0.2, 0) is 11.3 Å². The second-order valence-electron chi connectivity index (χ2n) is 5.76. The van der Waals surface area contributed by atoms with Gasteiger partial charge in [0.2, 0.25) is 0 Å². The molecular formula is C15H18ClN3O. The Labute approximate surface area is 123 Å². The van der Waals surface area contributed by atoms with E-state index in [4.69, 9.17) is 21.4 Å². The molecule has 1 saturated heterocycles. The number of hydrogen-bond acceptors (Lipinski definition) is 3. The van der Waals surface area contributed by atoms with Crippen LogP contribution in [0.4, 0.5) is 5.69 Å². The van der Waals surface area contributed by atoms with Crippen molar-refractivity contribution in [2.24, 2.45) is 5.92 Å². The summed E-state index contributed by atoms with van der Waals surface area (Å²) < 4.78 is 7.52. The normalized spacial score (nSPS) is 19.8. The molecule has 106 valence electrons. The predicted octanol–water partition coefficient (Wildman–Crippen LogP) is 2.94. The van der Waals surface area contributed by atoms with Gasteiger partial charge in [-0.05, 0) is 30.9 Å². The standard InChI is InChI=1S/C15H18ClN3O/c16-13-7-12-10-19(9-11-1-2-11)17-15(12)14(8-13)18-3-5-20-6-4-18/h7-8,10-11H,1-6,9H2. The van der Waals surface area contributed by atoms with Crippen molar-refractivity contribution in [1.29, 1.82) is 0 Å². The first-order valence-electron chi connectivity index (χ1n) is 7.29. The Morgan fingerprint density at radius 2 is 2.05 bits per heavy atom. The van der Waals surface area contributed by atoms with Crippen molar-refractivity contribution >= 4 is 28.2 Å². The van der Waals surface area contributed by atoms with Gasteiger partial charge in [-0.15, -0.1) is 0 Å². The Balaban J connectivity index is 1.74. The molecule has 2 aromatic rings. The van der Waals surface area contributed by atoms with Gasteiger partial charge in [0.05, 0.1) is 18.9 Å². The summed E-state index contributed by atoms with van der Waals surface area (Å²) in [6.45, 7) is 4.40. The summed E-state index contributed by atoms with van der Waals surface area (Å²) in [4.78, 5) is 2.33. The third-order valence-corrected chi connectivity index (χ3v) is 4.31. The van der Waals surface area contributed by atoms with Gasteiger partial charge in [-0.2, -0.15) is 5.10 Å². The molecule has 2 fully saturated rings. The van der Waals surface area contributed by atoms with Crippen molar-refractivity contribution in [3.05, 3.63) is 23.4 Å². The Bertz CT molecular complexity index is 629. The van der Waals surface area contributed by atoms with Gasteiger partial charge in [0.1, 0.15) is 5.52 Å². The number of benzene rings is 1. The maximum absolute atomic E-state index is 6.28. The van der Waals surface area contributed by atoms with Crippen LogP contribution in [-0.4, -0.2) is 36.1 Å². The van der Waals surface area contributed by atoms with E-state index in [1.165, 1.54) is 12.8 Å². The van der Waals surface area contributed by atoms with E-state index in [-0.39, 0.29) is 0 Å². The minimum atomic E-state index is 0.775. The van der Waals surface area contributed by atoms with E-state index in [0.717, 1.165) is 60.4 Å². The molecule has 1 aliphatic heterocycles. The van der Waals surface area contributed by atoms with E-state index < -0.39 is 0 Å². The van der Waals surface area contributed by atoms with Crippen LogP contribution in [0.15, 0.2) is 18.3 Å². The minimum absolute atomic E-state index is 0.775. The van der Waals surface area contributed by atoms with Crippen molar-refractivity contribution in [1.82, 2.24) is 9.78 Å². The lowest BCUT2D eigenvalue weighted by Gasteiger charge is -2.29. The van der Waals surface area contributed by atoms with Gasteiger partial charge in [0.15, 0.2) is 0 Å². The summed E-state index contributed by atoms with van der Waals surface area (Å²) in [6.07, 6.45) is 4.81. The van der Waals surface area contributed by atoms with Crippen molar-refractivity contribution in [2.45, 2.75) is 19.4 Å². The lowest BCUT2D eigenvalue weighted by molar-refractivity contribution is 0.123. The molecule has 1 aromatic carbocycles. The average Bonchev–Trinajstić information content (AvgIpc) is 3.17. The highest BCUT2D eigenvalue weighted by molar-refractivity contribution is 6.31. The topological polar surface area (TPSA) is 30.3 Å². The number of ether oxygens (including phenoxy) is 1. The van der Waals surface area contributed by atoms with Gasteiger partial charge in [0, 0.05) is 36.2 Å². The molecule has 1 aromatic heterocycles. The Morgan fingerprint density at radius 3 is 2.80 bits per heavy atom. The number of rotatable bonds is 3. The van der Waals surface area contributed by atoms with Gasteiger partial charge in [0.25, 0.3) is 0 Å². The molecule has 0 amide bonds. The van der Waals surface area contributed by atoms with Crippen LogP contribution in [0.2, 0.25) is 5.02 Å². The summed E-state index contributed by atoms with van der Waals surface area (Å²) in [5, 5.41) is 6.71. The lowest BCUT2D eigenvalue weighted by atomic mass is 10.2. The molecule has 0 bridgehead atoms. The first kappa shape index (κ1) is 12.5. The molecule has 1 saturated carbocycles. The largest absolute Gasteiger partial charge is 0.378 e. The molecule has 0 unspecified atom stereocenters. The van der Waals surface area contributed by atoms with Gasteiger partial charge >= 0.3 is 0 Å². The second-order valence-corrected chi connectivity index (χ2v) is 6.19. The van der Waals surface area contributed by atoms with E-state index in [1.54, 1.807) is 0 Å². The van der Waals surface area contributed by atoms with Gasteiger partial charge in [-0.3, -0.25) is 4.68 Å². The Hall–Kier alpha value is -1.26. The first-order chi connectivity index (χ1) is 9.79. The van der Waals surface area contributed by atoms with Crippen LogP contribution in [0, 0.1) is 5.92 Å². The number of halogens is 1. The van der Waals surface area contributed by atoms with E-state index in [2.05, 4.69) is 15.8 Å². The first-order valence-corrected chi connectivity index (χ1v) is 7.67. The molecule has 0 radical (unpaired) electrons. The van der Waals surface area contributed by atoms with Crippen LogP contribution in [0.3, 0.4) is 0 Å². The van der Waals surface area contributed by atoms with Gasteiger partial charge in [-0.25, -0.2) is 0 Å². The molecule has 4 rings (SSSR count). The molecule has 0 atom stereocenters. The highest BCUT2D eigenvalue weighted by Crippen LogP contribution is 2.33. The average molecular weight is 292 g/mol. The maximum Gasteiger partial charge on any atom is 0.116 e. The number of hydrogen-bond donors (Lipinski definition) is 0. The highest BCUT2D eigenvalue weighted by Gasteiger charge is 2.23. The summed E-state index contributed by atoms with van der Waals surface area (Å²) >= 11 is 6.28. The van der Waals surface area contributed by atoms with E-state index >= 15 is 0 Å². The van der Waals surface area contributed by atoms with Crippen LogP contribution in [0.1, 0.15) is 12.8 Å². The Morgan fingerprint density at radius 1 is 1.25 bits per heavy atom. The second kappa shape index (κ2) is 4.93. The van der Waals surface area contributed by atoms with Crippen molar-refractivity contribution in [3.63, 3.8) is 0 Å². The van der Waals surface area contributed by atoms with E-state index in [1.807, 2.05) is 12.1 Å². The summed E-state index contributed by atoms with van der Waals surface area (Å²) in [5.41, 5.74) is 2.21. The summed E-state index contributed by atoms with van der Waals surface area (Å²) in [6, 6.07) is 4.04. The molecular weight excluding hydrogens is 274 g/mol. The fourth-order valence-electron chi connectivity index (χ4n) is 2.83. The molecule has 20 heavy (non-hydrogen) atoms. The summed E-state index contributed by atoms with van der Waals surface area (Å²) in [7, 11) is 0. The van der Waals surface area contributed by atoms with Crippen molar-refractivity contribution in [3.8, 4) is 0 Å². The Kier molecular flexibility index (Phi) is 3.08. The fraction of sp³-hybridized carbons (Fsp3) is 0.533. The lowest BCUT2D eigenvalue weighted by Crippen LogP contribution is -2.36. The van der Waals surface area contributed by atoms with Crippen molar-refractivity contribution < 1.29 is 4.74 Å². The fourth-order valence-corrected chi connectivity index (χ4v) is 3.06. The highest BCUT2D eigenvalue weighted by atomic mass is 35.5. The number of anilines is 1. The molecule has 0 spiro atoms. The minimum Gasteiger partial charge on any atom is -0.378 e. The number of morpholine rings is 1. The molecule has 2 heterocycles. The SMILES string of the molecule is Clc1cc(N2CCOCC2)c2nn(CC3CC3)cc2c1. The number of fused-ring (bicyclic) bond motifs is 1. The molecule has 4 nitrogen and oxygen atoms in total. The zero-order valence-electron chi connectivity index (χ0n) is 11.4. The molecule has 0 N–H and O–H groups in total. The van der Waals surface area contributed by atoms with Gasteiger partial charge in [-0.1, -0.05) is 11.6 Å². The van der Waals surface area contributed by atoms with E-state index in [0.29, 0.717) is 0 Å². The van der Waals surface area contributed by atoms with Crippen LogP contribution >= 0.6 is 11.6 Å². The summed E-state index contributed by atoms with van der Waals surface area (Å²) in [5.74, 6) is 0.826. The predicted molar refractivity (Wildman–Crippen MR) is 80.5 cm³/mol. The van der Waals surface area contributed by atoms with Crippen LogP contribution in [0.5, 0.6) is 0 Å². The van der Waals surface area contributed by atoms with Gasteiger partial charge < -0.3 is 9.64 Å².